The van der Waals surface area contributed by atoms with Crippen molar-refractivity contribution in [3.8, 4) is 0 Å². The highest BCUT2D eigenvalue weighted by molar-refractivity contribution is 9.10. The van der Waals surface area contributed by atoms with Crippen molar-refractivity contribution in [2.24, 2.45) is 0 Å². The number of carboxylic acid groups (broad SMARTS) is 1. The number of anilines is 1. The van der Waals surface area contributed by atoms with E-state index in [0.29, 0.717) is 10.0 Å². The van der Waals surface area contributed by atoms with Crippen molar-refractivity contribution in [3.05, 3.63) is 58.1 Å². The molecule has 2 aromatic rings. The number of aromatic carboxylic acids is 1. The second-order valence-electron chi connectivity index (χ2n) is 4.37. The van der Waals surface area contributed by atoms with Crippen molar-refractivity contribution in [2.45, 2.75) is 11.8 Å². The summed E-state index contributed by atoms with van der Waals surface area (Å²) in [6.45, 7) is 1.65. The Hall–Kier alpha value is -1.86. The molecule has 0 fully saturated rings. The highest BCUT2D eigenvalue weighted by Gasteiger charge is 2.18. The largest absolute Gasteiger partial charge is 0.478 e. The Kier molecular flexibility index (Phi) is 4.34. The van der Waals surface area contributed by atoms with E-state index in [4.69, 9.17) is 5.11 Å². The molecular formula is C14H12BrNO4S. The molecule has 0 aliphatic carbocycles. The van der Waals surface area contributed by atoms with E-state index in [1.165, 1.54) is 18.2 Å². The number of rotatable bonds is 4. The van der Waals surface area contributed by atoms with Gasteiger partial charge in [0.15, 0.2) is 0 Å². The second-order valence-corrected chi connectivity index (χ2v) is 6.88. The summed E-state index contributed by atoms with van der Waals surface area (Å²) in [5.41, 5.74) is 0.822. The number of sulfonamides is 1. The number of carbonyl (C=O) groups is 1. The molecule has 21 heavy (non-hydrogen) atoms. The van der Waals surface area contributed by atoms with E-state index in [9.17, 15) is 13.2 Å². The summed E-state index contributed by atoms with van der Waals surface area (Å²) in [7, 11) is -3.79. The average molecular weight is 370 g/mol. The minimum absolute atomic E-state index is 0.0577. The van der Waals surface area contributed by atoms with Crippen LogP contribution >= 0.6 is 15.9 Å². The minimum Gasteiger partial charge on any atom is -0.478 e. The van der Waals surface area contributed by atoms with Gasteiger partial charge in [-0.15, -0.1) is 0 Å². The third-order valence-corrected chi connectivity index (χ3v) is 5.24. The molecule has 0 aromatic heterocycles. The standard InChI is InChI=1S/C14H12BrNO4S/c1-9-6-7-10(8-11(9)14(17)18)16-21(19,20)13-5-3-2-4-12(13)15/h2-8,16H,1H3,(H,17,18). The molecule has 0 heterocycles. The monoisotopic (exact) mass is 369 g/mol. The topological polar surface area (TPSA) is 83.5 Å². The molecule has 2 N–H and O–H groups in total. The Morgan fingerprint density at radius 3 is 2.48 bits per heavy atom. The highest BCUT2D eigenvalue weighted by atomic mass is 79.9. The number of benzene rings is 2. The highest BCUT2D eigenvalue weighted by Crippen LogP contribution is 2.24. The number of aryl methyl sites for hydroxylation is 1. The van der Waals surface area contributed by atoms with Gasteiger partial charge < -0.3 is 5.11 Å². The van der Waals surface area contributed by atoms with Crippen LogP contribution in [0.4, 0.5) is 5.69 Å². The van der Waals surface area contributed by atoms with E-state index in [2.05, 4.69) is 20.7 Å². The van der Waals surface area contributed by atoms with Crippen molar-refractivity contribution in [3.63, 3.8) is 0 Å². The van der Waals surface area contributed by atoms with E-state index in [1.54, 1.807) is 31.2 Å². The molecule has 5 nitrogen and oxygen atoms in total. The Labute approximate surface area is 130 Å². The zero-order chi connectivity index (χ0) is 15.6. The molecule has 0 amide bonds. The molecule has 2 rings (SSSR count). The van der Waals surface area contributed by atoms with Crippen LogP contribution in [0.15, 0.2) is 51.8 Å². The van der Waals surface area contributed by atoms with Crippen molar-refractivity contribution >= 4 is 37.6 Å². The molecule has 0 saturated heterocycles. The Morgan fingerprint density at radius 1 is 1.19 bits per heavy atom. The van der Waals surface area contributed by atoms with Crippen LogP contribution in [0.5, 0.6) is 0 Å². The van der Waals surface area contributed by atoms with Gasteiger partial charge >= 0.3 is 5.97 Å². The number of hydrogen-bond acceptors (Lipinski definition) is 3. The van der Waals surface area contributed by atoms with Gasteiger partial charge in [0, 0.05) is 10.2 Å². The minimum atomic E-state index is -3.79. The Bertz CT molecular complexity index is 802. The van der Waals surface area contributed by atoms with Crippen molar-refractivity contribution in [1.29, 1.82) is 0 Å². The van der Waals surface area contributed by atoms with Crippen LogP contribution in [0.1, 0.15) is 15.9 Å². The number of carboxylic acids is 1. The first-order chi connectivity index (χ1) is 9.81. The van der Waals surface area contributed by atoms with Crippen molar-refractivity contribution in [1.82, 2.24) is 0 Å². The van der Waals surface area contributed by atoms with Gasteiger partial charge in [0.2, 0.25) is 0 Å². The van der Waals surface area contributed by atoms with Gasteiger partial charge in [-0.2, -0.15) is 0 Å². The summed E-state index contributed by atoms with van der Waals surface area (Å²) in [6.07, 6.45) is 0. The van der Waals surface area contributed by atoms with Crippen LogP contribution < -0.4 is 4.72 Å². The third kappa shape index (κ3) is 3.43. The molecule has 0 bridgehead atoms. The molecular weight excluding hydrogens is 358 g/mol. The Balaban J connectivity index is 2.40. The van der Waals surface area contributed by atoms with Gasteiger partial charge in [-0.25, -0.2) is 13.2 Å². The van der Waals surface area contributed by atoms with Gasteiger partial charge in [0.25, 0.3) is 10.0 Å². The molecule has 0 radical (unpaired) electrons. The molecule has 0 aliphatic rings. The maximum Gasteiger partial charge on any atom is 0.336 e. The zero-order valence-electron chi connectivity index (χ0n) is 11.0. The van der Waals surface area contributed by atoms with Crippen molar-refractivity contribution < 1.29 is 18.3 Å². The smallest absolute Gasteiger partial charge is 0.336 e. The van der Waals surface area contributed by atoms with Gasteiger partial charge in [-0.1, -0.05) is 18.2 Å². The lowest BCUT2D eigenvalue weighted by molar-refractivity contribution is 0.0696. The van der Waals surface area contributed by atoms with E-state index in [1.807, 2.05) is 0 Å². The molecule has 0 spiro atoms. The summed E-state index contributed by atoms with van der Waals surface area (Å²) >= 11 is 3.18. The third-order valence-electron chi connectivity index (χ3n) is 2.85. The van der Waals surface area contributed by atoms with Gasteiger partial charge in [0.05, 0.1) is 5.56 Å². The molecule has 0 atom stereocenters. The normalized spacial score (nSPS) is 11.1. The summed E-state index contributed by atoms with van der Waals surface area (Å²) < 4.78 is 27.4. The SMILES string of the molecule is Cc1ccc(NS(=O)(=O)c2ccccc2Br)cc1C(=O)O. The molecule has 0 unspecified atom stereocenters. The number of halogens is 1. The van der Waals surface area contributed by atoms with Gasteiger partial charge in [0.1, 0.15) is 4.90 Å². The zero-order valence-corrected chi connectivity index (χ0v) is 13.4. The van der Waals surface area contributed by atoms with Crippen LogP contribution in [0.2, 0.25) is 0 Å². The van der Waals surface area contributed by atoms with Crippen molar-refractivity contribution in [2.75, 3.05) is 4.72 Å². The molecule has 0 saturated carbocycles. The predicted octanol–water partition coefficient (Wildman–Crippen LogP) is 3.26. The number of nitrogens with one attached hydrogen (secondary N) is 1. The quantitative estimate of drug-likeness (QED) is 0.866. The molecule has 0 aliphatic heterocycles. The van der Waals surface area contributed by atoms with Crippen LogP contribution in [-0.2, 0) is 10.0 Å². The predicted molar refractivity (Wildman–Crippen MR) is 83.1 cm³/mol. The second kappa shape index (κ2) is 5.87. The summed E-state index contributed by atoms with van der Waals surface area (Å²) in [6, 6.07) is 10.8. The first-order valence-electron chi connectivity index (χ1n) is 5.92. The lowest BCUT2D eigenvalue weighted by Gasteiger charge is -2.11. The van der Waals surface area contributed by atoms with Gasteiger partial charge in [-0.05, 0) is 52.7 Å². The summed E-state index contributed by atoms with van der Waals surface area (Å²) in [5, 5.41) is 9.06. The molecule has 2 aromatic carbocycles. The Morgan fingerprint density at radius 2 is 1.86 bits per heavy atom. The molecule has 7 heteroatoms. The lowest BCUT2D eigenvalue weighted by atomic mass is 10.1. The van der Waals surface area contributed by atoms with E-state index < -0.39 is 16.0 Å². The fraction of sp³-hybridized carbons (Fsp3) is 0.0714. The maximum absolute atomic E-state index is 12.3. The van der Waals surface area contributed by atoms with Crippen LogP contribution in [0.3, 0.4) is 0 Å². The van der Waals surface area contributed by atoms with Crippen LogP contribution in [0.25, 0.3) is 0 Å². The fourth-order valence-corrected chi connectivity index (χ4v) is 3.84. The lowest BCUT2D eigenvalue weighted by Crippen LogP contribution is -2.14. The van der Waals surface area contributed by atoms with E-state index >= 15 is 0 Å². The average Bonchev–Trinajstić information content (AvgIpc) is 2.40. The van der Waals surface area contributed by atoms with Gasteiger partial charge in [-0.3, -0.25) is 4.72 Å². The van der Waals surface area contributed by atoms with Crippen LogP contribution in [0, 0.1) is 6.92 Å². The summed E-state index contributed by atoms with van der Waals surface area (Å²) in [5.74, 6) is -1.10. The maximum atomic E-state index is 12.3. The first kappa shape index (κ1) is 15.5. The number of hydrogen-bond donors (Lipinski definition) is 2. The first-order valence-corrected chi connectivity index (χ1v) is 8.20. The van der Waals surface area contributed by atoms with Crippen LogP contribution in [-0.4, -0.2) is 19.5 Å². The van der Waals surface area contributed by atoms with E-state index in [-0.39, 0.29) is 16.1 Å². The fourth-order valence-electron chi connectivity index (χ4n) is 1.79. The molecule has 110 valence electrons. The van der Waals surface area contributed by atoms with E-state index in [0.717, 1.165) is 0 Å². The summed E-state index contributed by atoms with van der Waals surface area (Å²) in [4.78, 5) is 11.2.